The Kier molecular flexibility index (Phi) is 6.91. The maximum atomic E-state index is 12.9. The van der Waals surface area contributed by atoms with Crippen LogP contribution in [-0.4, -0.2) is 23.7 Å². The molecule has 4 nitrogen and oxygen atoms in total. The quantitative estimate of drug-likeness (QED) is 0.679. The molecule has 0 aliphatic carbocycles. The molecule has 1 N–H and O–H groups in total. The van der Waals surface area contributed by atoms with Gasteiger partial charge in [0.05, 0.1) is 17.7 Å². The molecule has 0 saturated carbocycles. The molecule has 0 aliphatic heterocycles. The molecular formula is C16H12F4O4. The fourth-order valence-corrected chi connectivity index (χ4v) is 1.53. The van der Waals surface area contributed by atoms with Crippen LogP contribution in [0.3, 0.4) is 0 Å². The van der Waals surface area contributed by atoms with Crippen molar-refractivity contribution in [2.45, 2.75) is 6.92 Å². The highest BCUT2D eigenvalue weighted by atomic mass is 19.1. The number of carbonyl (C=O) groups is 2. The topological polar surface area (TPSA) is 63.6 Å². The van der Waals surface area contributed by atoms with E-state index in [4.69, 9.17) is 5.11 Å². The molecule has 2 aromatic rings. The van der Waals surface area contributed by atoms with Crippen LogP contribution in [0.1, 0.15) is 27.6 Å². The number of carboxylic acid groups (broad SMARTS) is 1. The van der Waals surface area contributed by atoms with E-state index in [2.05, 4.69) is 4.74 Å². The van der Waals surface area contributed by atoms with Gasteiger partial charge in [-0.25, -0.2) is 27.2 Å². The summed E-state index contributed by atoms with van der Waals surface area (Å²) in [5, 5.41) is 8.29. The highest BCUT2D eigenvalue weighted by Gasteiger charge is 2.12. The first-order chi connectivity index (χ1) is 11.3. The van der Waals surface area contributed by atoms with Crippen LogP contribution in [0, 0.1) is 23.3 Å². The van der Waals surface area contributed by atoms with E-state index in [1.54, 1.807) is 6.92 Å². The largest absolute Gasteiger partial charge is 0.478 e. The number of rotatable bonds is 3. The summed E-state index contributed by atoms with van der Waals surface area (Å²) in [7, 11) is 0. The van der Waals surface area contributed by atoms with Crippen LogP contribution >= 0.6 is 0 Å². The Bertz CT molecular complexity index is 747. The summed E-state index contributed by atoms with van der Waals surface area (Å²) >= 11 is 0. The molecule has 24 heavy (non-hydrogen) atoms. The lowest BCUT2D eigenvalue weighted by Gasteiger charge is -2.02. The normalized spacial score (nSPS) is 9.71. The molecule has 2 aromatic carbocycles. The molecular weight excluding hydrogens is 332 g/mol. The number of halogens is 4. The van der Waals surface area contributed by atoms with E-state index in [0.29, 0.717) is 12.1 Å². The Morgan fingerprint density at radius 1 is 0.917 bits per heavy atom. The highest BCUT2D eigenvalue weighted by molar-refractivity contribution is 5.89. The first-order valence-electron chi connectivity index (χ1n) is 6.56. The average Bonchev–Trinajstić information content (AvgIpc) is 2.47. The van der Waals surface area contributed by atoms with E-state index in [9.17, 15) is 27.2 Å². The summed E-state index contributed by atoms with van der Waals surface area (Å²) in [6.07, 6.45) is 0. The second kappa shape index (κ2) is 8.66. The molecule has 0 saturated heterocycles. The standard InChI is InChI=1S/C9H8F2O2.C7H4F2O2/c1-2-13-9(12)7-4-3-6(10)5-8(7)11;8-4-1-2-5(7(10)11)6(9)3-4/h3-5H,2H2,1H3;1-3H,(H,10,11). The van der Waals surface area contributed by atoms with Gasteiger partial charge in [-0.05, 0) is 31.2 Å². The third-order valence-electron chi connectivity index (χ3n) is 2.59. The fraction of sp³-hybridized carbons (Fsp3) is 0.125. The molecule has 0 heterocycles. The Morgan fingerprint density at radius 3 is 1.75 bits per heavy atom. The average molecular weight is 344 g/mol. The lowest BCUT2D eigenvalue weighted by molar-refractivity contribution is 0.0520. The number of hydrogen-bond acceptors (Lipinski definition) is 3. The van der Waals surface area contributed by atoms with Crippen molar-refractivity contribution >= 4 is 11.9 Å². The van der Waals surface area contributed by atoms with Gasteiger partial charge in [-0.1, -0.05) is 0 Å². The van der Waals surface area contributed by atoms with Crippen molar-refractivity contribution in [1.82, 2.24) is 0 Å². The minimum atomic E-state index is -1.40. The number of ether oxygens (including phenoxy) is 1. The Morgan fingerprint density at radius 2 is 1.38 bits per heavy atom. The minimum absolute atomic E-state index is 0.162. The predicted molar refractivity (Wildman–Crippen MR) is 75.6 cm³/mol. The second-order valence-corrected chi connectivity index (χ2v) is 4.27. The lowest BCUT2D eigenvalue weighted by Crippen LogP contribution is -2.07. The Hall–Kier alpha value is -2.90. The third kappa shape index (κ3) is 5.38. The molecule has 8 heteroatoms. The van der Waals surface area contributed by atoms with Gasteiger partial charge < -0.3 is 9.84 Å². The van der Waals surface area contributed by atoms with E-state index in [-0.39, 0.29) is 12.2 Å². The lowest BCUT2D eigenvalue weighted by atomic mass is 10.2. The van der Waals surface area contributed by atoms with Crippen LogP contribution in [0.25, 0.3) is 0 Å². The Labute approximate surface area is 134 Å². The van der Waals surface area contributed by atoms with Crippen molar-refractivity contribution in [3.8, 4) is 0 Å². The van der Waals surface area contributed by atoms with Crippen LogP contribution in [0.5, 0.6) is 0 Å². The van der Waals surface area contributed by atoms with Crippen molar-refractivity contribution in [2.24, 2.45) is 0 Å². The number of carbonyl (C=O) groups excluding carboxylic acids is 1. The van der Waals surface area contributed by atoms with Crippen LogP contribution in [0.4, 0.5) is 17.6 Å². The summed E-state index contributed by atoms with van der Waals surface area (Å²) in [5.74, 6) is -5.64. The van der Waals surface area contributed by atoms with Crippen LogP contribution < -0.4 is 0 Å². The van der Waals surface area contributed by atoms with Crippen LogP contribution in [0.15, 0.2) is 36.4 Å². The maximum Gasteiger partial charge on any atom is 0.341 e. The van der Waals surface area contributed by atoms with Gasteiger partial charge in [0.1, 0.15) is 23.3 Å². The summed E-state index contributed by atoms with van der Waals surface area (Å²) in [4.78, 5) is 21.2. The molecule has 0 spiro atoms. The zero-order valence-corrected chi connectivity index (χ0v) is 12.4. The van der Waals surface area contributed by atoms with Gasteiger partial charge >= 0.3 is 11.9 Å². The van der Waals surface area contributed by atoms with Crippen molar-refractivity contribution in [3.63, 3.8) is 0 Å². The van der Waals surface area contributed by atoms with Crippen LogP contribution in [-0.2, 0) is 4.74 Å². The first-order valence-corrected chi connectivity index (χ1v) is 6.56. The van der Waals surface area contributed by atoms with Gasteiger partial charge in [0.2, 0.25) is 0 Å². The SMILES string of the molecule is CCOC(=O)c1ccc(F)cc1F.O=C(O)c1ccc(F)cc1F. The summed E-state index contributed by atoms with van der Waals surface area (Å²) < 4.78 is 54.5. The highest BCUT2D eigenvalue weighted by Crippen LogP contribution is 2.10. The predicted octanol–water partition coefficient (Wildman–Crippen LogP) is 3.80. The number of hydrogen-bond donors (Lipinski definition) is 1. The molecule has 2 rings (SSSR count). The zero-order valence-electron chi connectivity index (χ0n) is 12.4. The Balaban J connectivity index is 0.000000243. The van der Waals surface area contributed by atoms with E-state index in [0.717, 1.165) is 24.3 Å². The van der Waals surface area contributed by atoms with Gasteiger partial charge in [0, 0.05) is 12.1 Å². The van der Waals surface area contributed by atoms with E-state index < -0.39 is 40.8 Å². The summed E-state index contributed by atoms with van der Waals surface area (Å²) in [6, 6.07) is 5.02. The molecule has 0 aliphatic rings. The number of carboxylic acids is 1. The van der Waals surface area contributed by atoms with E-state index in [1.165, 1.54) is 0 Å². The molecule has 128 valence electrons. The zero-order chi connectivity index (χ0) is 18.3. The molecule has 0 fully saturated rings. The van der Waals surface area contributed by atoms with Gasteiger partial charge in [0.25, 0.3) is 0 Å². The molecule has 0 radical (unpaired) electrons. The first kappa shape index (κ1) is 19.1. The summed E-state index contributed by atoms with van der Waals surface area (Å²) in [6.45, 7) is 1.77. The smallest absolute Gasteiger partial charge is 0.341 e. The molecule has 0 amide bonds. The summed E-state index contributed by atoms with van der Waals surface area (Å²) in [5.41, 5.74) is -0.769. The fourth-order valence-electron chi connectivity index (χ4n) is 1.53. The van der Waals surface area contributed by atoms with E-state index in [1.807, 2.05) is 0 Å². The van der Waals surface area contributed by atoms with E-state index >= 15 is 0 Å². The van der Waals surface area contributed by atoms with Crippen LogP contribution in [0.2, 0.25) is 0 Å². The monoisotopic (exact) mass is 344 g/mol. The number of benzene rings is 2. The molecule has 0 atom stereocenters. The minimum Gasteiger partial charge on any atom is -0.478 e. The molecule has 0 unspecified atom stereocenters. The van der Waals surface area contributed by atoms with Crippen molar-refractivity contribution in [3.05, 3.63) is 70.8 Å². The van der Waals surface area contributed by atoms with Gasteiger partial charge in [-0.2, -0.15) is 0 Å². The van der Waals surface area contributed by atoms with Crippen molar-refractivity contribution in [2.75, 3.05) is 6.61 Å². The number of esters is 1. The van der Waals surface area contributed by atoms with Crippen molar-refractivity contribution in [1.29, 1.82) is 0 Å². The third-order valence-corrected chi connectivity index (χ3v) is 2.59. The van der Waals surface area contributed by atoms with Gasteiger partial charge in [-0.15, -0.1) is 0 Å². The maximum absolute atomic E-state index is 12.9. The molecule has 0 bridgehead atoms. The van der Waals surface area contributed by atoms with Crippen molar-refractivity contribution < 1.29 is 37.0 Å². The second-order valence-electron chi connectivity index (χ2n) is 4.27. The van der Waals surface area contributed by atoms with Gasteiger partial charge in [-0.3, -0.25) is 0 Å². The molecule has 0 aromatic heterocycles. The van der Waals surface area contributed by atoms with Gasteiger partial charge in [0.15, 0.2) is 0 Å². The number of aromatic carboxylic acids is 1.